The second-order valence-corrected chi connectivity index (χ2v) is 4.83. The van der Waals surface area contributed by atoms with E-state index in [0.29, 0.717) is 11.1 Å². The van der Waals surface area contributed by atoms with Crippen molar-refractivity contribution in [2.24, 2.45) is 0 Å². The summed E-state index contributed by atoms with van der Waals surface area (Å²) in [6.07, 6.45) is 0. The first-order valence-corrected chi connectivity index (χ1v) is 6.25. The Bertz CT molecular complexity index is 671. The highest BCUT2D eigenvalue weighted by molar-refractivity contribution is 6.33. The molecule has 104 valence electrons. The monoisotopic (exact) mass is 296 g/mol. The van der Waals surface area contributed by atoms with Crippen molar-refractivity contribution in [3.8, 4) is 11.1 Å². The van der Waals surface area contributed by atoms with Gasteiger partial charge in [-0.15, -0.1) is 0 Å². The highest BCUT2D eigenvalue weighted by atomic mass is 35.5. The molecule has 1 N–H and O–H groups in total. The first-order chi connectivity index (χ1) is 9.40. The number of rotatable bonds is 3. The average molecular weight is 297 g/mol. The fourth-order valence-electron chi connectivity index (χ4n) is 1.87. The summed E-state index contributed by atoms with van der Waals surface area (Å²) in [4.78, 5) is 10.9. The van der Waals surface area contributed by atoms with Gasteiger partial charge in [-0.05, 0) is 30.7 Å². The number of carboxylic acids is 1. The van der Waals surface area contributed by atoms with Gasteiger partial charge >= 0.3 is 5.97 Å². The largest absolute Gasteiger partial charge is 0.481 e. The molecule has 0 heterocycles. The van der Waals surface area contributed by atoms with Crippen LogP contribution < -0.4 is 0 Å². The van der Waals surface area contributed by atoms with E-state index < -0.39 is 23.5 Å². The van der Waals surface area contributed by atoms with Gasteiger partial charge in [0.15, 0.2) is 0 Å². The summed E-state index contributed by atoms with van der Waals surface area (Å²) in [5.74, 6) is -3.06. The molecule has 0 aliphatic rings. The van der Waals surface area contributed by atoms with Crippen LogP contribution in [0.3, 0.4) is 0 Å². The van der Waals surface area contributed by atoms with Gasteiger partial charge in [0, 0.05) is 22.2 Å². The highest BCUT2D eigenvalue weighted by Crippen LogP contribution is 2.32. The van der Waals surface area contributed by atoms with Crippen molar-refractivity contribution in [3.63, 3.8) is 0 Å². The van der Waals surface area contributed by atoms with Crippen molar-refractivity contribution in [3.05, 3.63) is 58.6 Å². The van der Waals surface area contributed by atoms with Crippen molar-refractivity contribution in [2.75, 3.05) is 0 Å². The van der Waals surface area contributed by atoms with E-state index in [1.54, 1.807) is 6.07 Å². The standard InChI is InChI=1S/C15H11ClF2O2/c1-8(15(19)20)9-2-4-11(13(16)6-9)12-5-3-10(17)7-14(12)18/h2-8H,1H3,(H,19,20). The molecule has 2 rings (SSSR count). The van der Waals surface area contributed by atoms with Crippen LogP contribution in [0.1, 0.15) is 18.4 Å². The summed E-state index contributed by atoms with van der Waals surface area (Å²) >= 11 is 6.07. The fourth-order valence-corrected chi connectivity index (χ4v) is 2.16. The Morgan fingerprint density at radius 3 is 2.35 bits per heavy atom. The van der Waals surface area contributed by atoms with Crippen LogP contribution >= 0.6 is 11.6 Å². The molecular weight excluding hydrogens is 286 g/mol. The van der Waals surface area contributed by atoms with Crippen molar-refractivity contribution in [2.45, 2.75) is 12.8 Å². The van der Waals surface area contributed by atoms with Crippen LogP contribution in [0.2, 0.25) is 5.02 Å². The molecule has 1 atom stereocenters. The Hall–Kier alpha value is -1.94. The lowest BCUT2D eigenvalue weighted by Gasteiger charge is -2.11. The van der Waals surface area contributed by atoms with Crippen LogP contribution in [0, 0.1) is 11.6 Å². The minimum atomic E-state index is -0.971. The number of aliphatic carboxylic acids is 1. The summed E-state index contributed by atoms with van der Waals surface area (Å²) < 4.78 is 26.6. The summed E-state index contributed by atoms with van der Waals surface area (Å²) in [6, 6.07) is 7.81. The number of halogens is 3. The summed E-state index contributed by atoms with van der Waals surface area (Å²) in [7, 11) is 0. The Balaban J connectivity index is 2.47. The van der Waals surface area contributed by atoms with Crippen LogP contribution in [0.4, 0.5) is 8.78 Å². The number of benzene rings is 2. The lowest BCUT2D eigenvalue weighted by molar-refractivity contribution is -0.138. The van der Waals surface area contributed by atoms with Crippen LogP contribution in [0.25, 0.3) is 11.1 Å². The Morgan fingerprint density at radius 1 is 1.15 bits per heavy atom. The smallest absolute Gasteiger partial charge is 0.310 e. The first-order valence-electron chi connectivity index (χ1n) is 5.88. The normalized spacial score (nSPS) is 12.2. The average Bonchev–Trinajstić information content (AvgIpc) is 2.38. The van der Waals surface area contributed by atoms with Gasteiger partial charge in [0.1, 0.15) is 11.6 Å². The molecule has 20 heavy (non-hydrogen) atoms. The molecule has 2 nitrogen and oxygen atoms in total. The third kappa shape index (κ3) is 2.80. The van der Waals surface area contributed by atoms with Gasteiger partial charge in [-0.3, -0.25) is 4.79 Å². The maximum atomic E-state index is 13.7. The Labute approximate surface area is 119 Å². The maximum absolute atomic E-state index is 13.7. The van der Waals surface area contributed by atoms with E-state index in [-0.39, 0.29) is 10.6 Å². The van der Waals surface area contributed by atoms with Crippen molar-refractivity contribution < 1.29 is 18.7 Å². The number of hydrogen-bond acceptors (Lipinski definition) is 1. The van der Waals surface area contributed by atoms with Crippen LogP contribution in [-0.2, 0) is 4.79 Å². The molecule has 2 aromatic rings. The van der Waals surface area contributed by atoms with Gasteiger partial charge in [0.05, 0.1) is 5.92 Å². The molecule has 1 unspecified atom stereocenters. The predicted molar refractivity (Wildman–Crippen MR) is 72.9 cm³/mol. The molecular formula is C15H11ClF2O2. The molecule has 0 saturated heterocycles. The first kappa shape index (κ1) is 14.5. The second kappa shape index (κ2) is 5.59. The Kier molecular flexibility index (Phi) is 4.04. The third-order valence-electron chi connectivity index (χ3n) is 3.08. The zero-order chi connectivity index (χ0) is 14.9. The van der Waals surface area contributed by atoms with Crippen molar-refractivity contribution in [1.82, 2.24) is 0 Å². The van der Waals surface area contributed by atoms with Gasteiger partial charge in [-0.25, -0.2) is 8.78 Å². The fraction of sp³-hybridized carbons (Fsp3) is 0.133. The SMILES string of the molecule is CC(C(=O)O)c1ccc(-c2ccc(F)cc2F)c(Cl)c1. The quantitative estimate of drug-likeness (QED) is 0.907. The third-order valence-corrected chi connectivity index (χ3v) is 3.40. The molecule has 0 aliphatic heterocycles. The number of carboxylic acid groups (broad SMARTS) is 1. The van der Waals surface area contributed by atoms with Crippen LogP contribution in [-0.4, -0.2) is 11.1 Å². The lowest BCUT2D eigenvalue weighted by Crippen LogP contribution is -2.07. The van der Waals surface area contributed by atoms with E-state index in [1.165, 1.54) is 25.1 Å². The molecule has 0 radical (unpaired) electrons. The topological polar surface area (TPSA) is 37.3 Å². The predicted octanol–water partition coefficient (Wildman–Crippen LogP) is 4.47. The van der Waals surface area contributed by atoms with Gasteiger partial charge in [-0.2, -0.15) is 0 Å². The van der Waals surface area contributed by atoms with Gasteiger partial charge in [-0.1, -0.05) is 23.7 Å². The zero-order valence-corrected chi connectivity index (χ0v) is 11.3. The number of hydrogen-bond donors (Lipinski definition) is 1. The molecule has 0 spiro atoms. The van der Waals surface area contributed by atoms with Crippen LogP contribution in [0.5, 0.6) is 0 Å². The summed E-state index contributed by atoms with van der Waals surface area (Å²) in [5, 5.41) is 9.17. The van der Waals surface area contributed by atoms with Crippen LogP contribution in [0.15, 0.2) is 36.4 Å². The minimum absolute atomic E-state index is 0.172. The van der Waals surface area contributed by atoms with E-state index in [4.69, 9.17) is 16.7 Å². The molecule has 2 aromatic carbocycles. The number of carbonyl (C=O) groups is 1. The van der Waals surface area contributed by atoms with Gasteiger partial charge in [0.2, 0.25) is 0 Å². The molecule has 0 saturated carbocycles. The summed E-state index contributed by atoms with van der Waals surface area (Å²) in [5.41, 5.74) is 1.09. The van der Waals surface area contributed by atoms with E-state index in [2.05, 4.69) is 0 Å². The minimum Gasteiger partial charge on any atom is -0.481 e. The highest BCUT2D eigenvalue weighted by Gasteiger charge is 2.16. The Morgan fingerprint density at radius 2 is 1.80 bits per heavy atom. The lowest BCUT2D eigenvalue weighted by atomic mass is 9.97. The zero-order valence-electron chi connectivity index (χ0n) is 10.5. The summed E-state index contributed by atoms with van der Waals surface area (Å²) in [6.45, 7) is 1.53. The molecule has 5 heteroatoms. The van der Waals surface area contributed by atoms with Crippen molar-refractivity contribution >= 4 is 17.6 Å². The second-order valence-electron chi connectivity index (χ2n) is 4.42. The van der Waals surface area contributed by atoms with E-state index >= 15 is 0 Å². The van der Waals surface area contributed by atoms with E-state index in [1.807, 2.05) is 0 Å². The maximum Gasteiger partial charge on any atom is 0.310 e. The molecule has 0 amide bonds. The molecule has 0 fully saturated rings. The van der Waals surface area contributed by atoms with Gasteiger partial charge < -0.3 is 5.11 Å². The van der Waals surface area contributed by atoms with Gasteiger partial charge in [0.25, 0.3) is 0 Å². The molecule has 0 aromatic heterocycles. The van der Waals surface area contributed by atoms with Crippen molar-refractivity contribution in [1.29, 1.82) is 0 Å². The molecule has 0 bridgehead atoms. The van der Waals surface area contributed by atoms with E-state index in [0.717, 1.165) is 12.1 Å². The molecule has 0 aliphatic carbocycles. The van der Waals surface area contributed by atoms with E-state index in [9.17, 15) is 13.6 Å².